The van der Waals surface area contributed by atoms with Gasteiger partial charge in [-0.15, -0.1) is 0 Å². The van der Waals surface area contributed by atoms with Gasteiger partial charge >= 0.3 is 0 Å². The minimum absolute atomic E-state index is 0.0298. The molecule has 0 aliphatic carbocycles. The molecule has 0 saturated carbocycles. The highest BCUT2D eigenvalue weighted by molar-refractivity contribution is 5.79. The summed E-state index contributed by atoms with van der Waals surface area (Å²) in [4.78, 5) is 22.9. The second-order valence-corrected chi connectivity index (χ2v) is 5.09. The molecule has 0 bridgehead atoms. The van der Waals surface area contributed by atoms with Crippen molar-refractivity contribution in [3.63, 3.8) is 0 Å². The molecular weight excluding hydrogens is 230 g/mol. The van der Waals surface area contributed by atoms with Crippen LogP contribution in [0.5, 0.6) is 0 Å². The number of nitrogens with one attached hydrogen (secondary N) is 2. The second-order valence-electron chi connectivity index (χ2n) is 5.09. The monoisotopic (exact) mass is 257 g/mol. The van der Waals surface area contributed by atoms with Gasteiger partial charge in [0.25, 0.3) is 0 Å². The number of hydrogen-bond acceptors (Lipinski definition) is 3. The third-order valence-electron chi connectivity index (χ3n) is 2.97. The van der Waals surface area contributed by atoms with Crippen LogP contribution >= 0.6 is 0 Å². The molecule has 5 nitrogen and oxygen atoms in total. The van der Waals surface area contributed by atoms with E-state index in [4.69, 9.17) is 5.73 Å². The average Bonchev–Trinajstić information content (AvgIpc) is 2.28. The highest BCUT2D eigenvalue weighted by atomic mass is 16.2. The van der Waals surface area contributed by atoms with Gasteiger partial charge in [-0.1, -0.05) is 20.8 Å². The van der Waals surface area contributed by atoms with E-state index in [1.54, 1.807) is 0 Å². The van der Waals surface area contributed by atoms with Crippen LogP contribution in [0.25, 0.3) is 0 Å². The van der Waals surface area contributed by atoms with Gasteiger partial charge in [0, 0.05) is 31.5 Å². The normalized spacial score (nSPS) is 14.1. The Hall–Kier alpha value is -1.10. The quantitative estimate of drug-likeness (QED) is 0.601. The Morgan fingerprint density at radius 3 is 2.28 bits per heavy atom. The fraction of sp³-hybridized carbons (Fsp3) is 0.846. The van der Waals surface area contributed by atoms with Crippen LogP contribution in [0.4, 0.5) is 0 Å². The topological polar surface area (TPSA) is 84.2 Å². The van der Waals surface area contributed by atoms with Crippen molar-refractivity contribution in [2.75, 3.05) is 6.54 Å². The molecule has 0 aromatic heterocycles. The van der Waals surface area contributed by atoms with E-state index in [-0.39, 0.29) is 29.8 Å². The molecule has 0 spiro atoms. The Bertz CT molecular complexity index is 267. The first kappa shape index (κ1) is 16.9. The van der Waals surface area contributed by atoms with Gasteiger partial charge in [0.05, 0.1) is 0 Å². The van der Waals surface area contributed by atoms with E-state index in [1.807, 2.05) is 27.7 Å². The first-order valence-electron chi connectivity index (χ1n) is 6.68. The molecule has 0 rings (SSSR count). The zero-order chi connectivity index (χ0) is 14.1. The summed E-state index contributed by atoms with van der Waals surface area (Å²) < 4.78 is 0. The van der Waals surface area contributed by atoms with Gasteiger partial charge in [-0.3, -0.25) is 9.59 Å². The third kappa shape index (κ3) is 8.06. The third-order valence-corrected chi connectivity index (χ3v) is 2.97. The molecule has 106 valence electrons. The molecule has 0 radical (unpaired) electrons. The summed E-state index contributed by atoms with van der Waals surface area (Å²) in [5, 5.41) is 5.56. The number of rotatable bonds is 8. The Morgan fingerprint density at radius 1 is 1.17 bits per heavy atom. The molecule has 2 amide bonds. The first-order chi connectivity index (χ1) is 8.36. The van der Waals surface area contributed by atoms with Crippen molar-refractivity contribution >= 4 is 11.8 Å². The maximum Gasteiger partial charge on any atom is 0.221 e. The van der Waals surface area contributed by atoms with Crippen molar-refractivity contribution in [2.24, 2.45) is 11.7 Å². The largest absolute Gasteiger partial charge is 0.356 e. The molecule has 5 heteroatoms. The molecule has 0 aromatic rings. The number of nitrogens with two attached hydrogens (primary N) is 1. The van der Waals surface area contributed by atoms with Gasteiger partial charge in [-0.05, 0) is 19.3 Å². The molecular formula is C13H27N3O2. The van der Waals surface area contributed by atoms with Crippen molar-refractivity contribution in [2.45, 2.75) is 59.0 Å². The second kappa shape index (κ2) is 8.91. The number of carbonyl (C=O) groups is 2. The van der Waals surface area contributed by atoms with Crippen LogP contribution in [0.15, 0.2) is 0 Å². The summed E-state index contributed by atoms with van der Waals surface area (Å²) >= 11 is 0. The summed E-state index contributed by atoms with van der Waals surface area (Å²) in [5.41, 5.74) is 5.79. The summed E-state index contributed by atoms with van der Waals surface area (Å²) in [7, 11) is 0. The lowest BCUT2D eigenvalue weighted by molar-refractivity contribution is -0.122. The van der Waals surface area contributed by atoms with Crippen LogP contribution in [-0.4, -0.2) is 30.4 Å². The van der Waals surface area contributed by atoms with Crippen molar-refractivity contribution < 1.29 is 9.59 Å². The fourth-order valence-corrected chi connectivity index (χ4v) is 1.29. The highest BCUT2D eigenvalue weighted by Gasteiger charge is 2.13. The number of carbonyl (C=O) groups excluding carboxylic acids is 2. The maximum atomic E-state index is 11.5. The van der Waals surface area contributed by atoms with Crippen LogP contribution in [0, 0.1) is 5.92 Å². The molecule has 4 N–H and O–H groups in total. The predicted molar refractivity (Wildman–Crippen MR) is 73.0 cm³/mol. The molecule has 0 saturated heterocycles. The van der Waals surface area contributed by atoms with Crippen LogP contribution in [0.3, 0.4) is 0 Å². The Kier molecular flexibility index (Phi) is 8.37. The van der Waals surface area contributed by atoms with E-state index in [0.717, 1.165) is 6.42 Å². The lowest BCUT2D eigenvalue weighted by Gasteiger charge is -2.15. The van der Waals surface area contributed by atoms with Crippen molar-refractivity contribution in [1.29, 1.82) is 0 Å². The van der Waals surface area contributed by atoms with Crippen molar-refractivity contribution in [3.8, 4) is 0 Å². The molecule has 0 aliphatic rings. The molecule has 0 heterocycles. The maximum absolute atomic E-state index is 11.5. The van der Waals surface area contributed by atoms with Gasteiger partial charge in [0.2, 0.25) is 11.8 Å². The summed E-state index contributed by atoms with van der Waals surface area (Å²) in [6, 6.07) is 0.0569. The van der Waals surface area contributed by atoms with Crippen molar-refractivity contribution in [3.05, 3.63) is 0 Å². The Morgan fingerprint density at radius 2 is 1.78 bits per heavy atom. The molecule has 2 atom stereocenters. The van der Waals surface area contributed by atoms with E-state index in [1.165, 1.54) is 0 Å². The molecule has 0 fully saturated rings. The molecule has 0 aliphatic heterocycles. The Balaban J connectivity index is 3.71. The fourth-order valence-electron chi connectivity index (χ4n) is 1.29. The lowest BCUT2D eigenvalue weighted by Crippen LogP contribution is -2.37. The van der Waals surface area contributed by atoms with Crippen LogP contribution in [0.2, 0.25) is 0 Å². The smallest absolute Gasteiger partial charge is 0.221 e. The van der Waals surface area contributed by atoms with Crippen molar-refractivity contribution in [1.82, 2.24) is 10.6 Å². The van der Waals surface area contributed by atoms with Gasteiger partial charge in [-0.2, -0.15) is 0 Å². The molecule has 0 aromatic carbocycles. The molecule has 18 heavy (non-hydrogen) atoms. The highest BCUT2D eigenvalue weighted by Crippen LogP contribution is 2.02. The van der Waals surface area contributed by atoms with Gasteiger partial charge in [0.15, 0.2) is 0 Å². The standard InChI is InChI=1S/C13H27N3O2/c1-5-10(4)16-12(17)6-7-15-13(18)8-11(14)9(2)3/h9-11H,5-8,14H2,1-4H3,(H,15,18)(H,16,17). The van der Waals surface area contributed by atoms with Gasteiger partial charge in [0.1, 0.15) is 0 Å². The van der Waals surface area contributed by atoms with E-state index < -0.39 is 0 Å². The zero-order valence-corrected chi connectivity index (χ0v) is 12.0. The van der Waals surface area contributed by atoms with Crippen LogP contribution in [-0.2, 0) is 9.59 Å². The average molecular weight is 257 g/mol. The van der Waals surface area contributed by atoms with E-state index >= 15 is 0 Å². The van der Waals surface area contributed by atoms with E-state index in [2.05, 4.69) is 10.6 Å². The number of amides is 2. The summed E-state index contributed by atoms with van der Waals surface area (Å²) in [6.45, 7) is 8.30. The Labute approximate surface area is 110 Å². The summed E-state index contributed by atoms with van der Waals surface area (Å²) in [6.07, 6.45) is 1.53. The minimum atomic E-state index is -0.126. The SMILES string of the molecule is CCC(C)NC(=O)CCNC(=O)CC(N)C(C)C. The van der Waals surface area contributed by atoms with Crippen LogP contribution in [0.1, 0.15) is 47.0 Å². The van der Waals surface area contributed by atoms with E-state index in [9.17, 15) is 9.59 Å². The van der Waals surface area contributed by atoms with Crippen LogP contribution < -0.4 is 16.4 Å². The van der Waals surface area contributed by atoms with E-state index in [0.29, 0.717) is 19.4 Å². The number of hydrogen-bond donors (Lipinski definition) is 3. The lowest BCUT2D eigenvalue weighted by atomic mass is 10.0. The van der Waals surface area contributed by atoms with Gasteiger partial charge in [-0.25, -0.2) is 0 Å². The van der Waals surface area contributed by atoms with Gasteiger partial charge < -0.3 is 16.4 Å². The first-order valence-corrected chi connectivity index (χ1v) is 6.68. The minimum Gasteiger partial charge on any atom is -0.356 e. The molecule has 2 unspecified atom stereocenters. The zero-order valence-electron chi connectivity index (χ0n) is 12.0. The predicted octanol–water partition coefficient (Wildman–Crippen LogP) is 0.781. The summed E-state index contributed by atoms with van der Waals surface area (Å²) in [5.74, 6) is 0.162.